The minimum atomic E-state index is -1.45. The number of carbonyl (C=O) groups is 6. The fourth-order valence-electron chi connectivity index (χ4n) is 4.53. The molecule has 0 aromatic heterocycles. The van der Waals surface area contributed by atoms with Gasteiger partial charge in [0.05, 0.1) is 6.04 Å². The predicted octanol–water partition coefficient (Wildman–Crippen LogP) is -0.458. The molecule has 256 valence electrons. The Kier molecular flexibility index (Phi) is 15.8. The summed E-state index contributed by atoms with van der Waals surface area (Å²) in [7, 11) is 0. The third kappa shape index (κ3) is 13.9. The van der Waals surface area contributed by atoms with Gasteiger partial charge in [-0.25, -0.2) is 4.79 Å². The molecule has 2 aromatic rings. The molecule has 0 aliphatic heterocycles. The van der Waals surface area contributed by atoms with Crippen LogP contribution in [-0.2, 0) is 41.6 Å². The molecule has 2 rings (SSSR count). The fraction of sp³-hybridized carbons (Fsp3) is 0.438. The first kappa shape index (κ1) is 38.2. The number of rotatable bonds is 20. The van der Waals surface area contributed by atoms with Crippen molar-refractivity contribution in [2.24, 2.45) is 11.5 Å². The average molecular weight is 657 g/mol. The maximum absolute atomic E-state index is 13.3. The van der Waals surface area contributed by atoms with Crippen molar-refractivity contribution >= 4 is 35.6 Å². The lowest BCUT2D eigenvalue weighted by Gasteiger charge is -2.25. The Bertz CT molecular complexity index is 1360. The molecule has 15 heteroatoms. The highest BCUT2D eigenvalue weighted by atomic mass is 16.4. The Morgan fingerprint density at radius 1 is 0.681 bits per heavy atom. The van der Waals surface area contributed by atoms with Gasteiger partial charge in [-0.05, 0) is 56.0 Å². The van der Waals surface area contributed by atoms with Crippen LogP contribution in [-0.4, -0.2) is 87.6 Å². The Labute approximate surface area is 272 Å². The molecule has 5 atom stereocenters. The summed E-state index contributed by atoms with van der Waals surface area (Å²) in [5.74, 6) is -5.71. The molecule has 0 saturated heterocycles. The molecule has 0 aliphatic carbocycles. The van der Waals surface area contributed by atoms with Crippen molar-refractivity contribution in [1.29, 1.82) is 0 Å². The quantitative estimate of drug-likeness (QED) is 0.0824. The highest BCUT2D eigenvalue weighted by Crippen LogP contribution is 2.12. The molecule has 47 heavy (non-hydrogen) atoms. The zero-order valence-electron chi connectivity index (χ0n) is 26.2. The number of phenols is 1. The number of aromatic hydroxyl groups is 1. The first-order valence-corrected chi connectivity index (χ1v) is 15.2. The first-order chi connectivity index (χ1) is 22.3. The molecule has 0 heterocycles. The Morgan fingerprint density at radius 3 is 1.83 bits per heavy atom. The number of benzene rings is 2. The lowest BCUT2D eigenvalue weighted by molar-refractivity contribution is -0.143. The van der Waals surface area contributed by atoms with Crippen LogP contribution in [0.15, 0.2) is 54.6 Å². The summed E-state index contributed by atoms with van der Waals surface area (Å²) in [6.45, 7) is 1.79. The highest BCUT2D eigenvalue weighted by molar-refractivity contribution is 5.95. The zero-order chi connectivity index (χ0) is 34.9. The highest BCUT2D eigenvalue weighted by Gasteiger charge is 2.31. The van der Waals surface area contributed by atoms with Gasteiger partial charge in [0.1, 0.15) is 29.9 Å². The summed E-state index contributed by atoms with van der Waals surface area (Å²) in [5, 5.41) is 38.2. The lowest BCUT2D eigenvalue weighted by Crippen LogP contribution is -2.58. The van der Waals surface area contributed by atoms with Crippen molar-refractivity contribution in [2.75, 3.05) is 6.54 Å². The monoisotopic (exact) mass is 656 g/mol. The number of nitrogens with one attached hydrogen (secondary N) is 4. The van der Waals surface area contributed by atoms with Gasteiger partial charge in [-0.2, -0.15) is 0 Å². The second-order valence-corrected chi connectivity index (χ2v) is 11.1. The van der Waals surface area contributed by atoms with Crippen molar-refractivity contribution < 1.29 is 44.1 Å². The van der Waals surface area contributed by atoms with Gasteiger partial charge in [-0.15, -0.1) is 0 Å². The van der Waals surface area contributed by atoms with E-state index < -0.39 is 72.2 Å². The van der Waals surface area contributed by atoms with Crippen molar-refractivity contribution in [1.82, 2.24) is 21.3 Å². The Balaban J connectivity index is 2.13. The fourth-order valence-corrected chi connectivity index (χ4v) is 4.53. The molecule has 0 spiro atoms. The Morgan fingerprint density at radius 2 is 1.23 bits per heavy atom. The second kappa shape index (κ2) is 19.5. The van der Waals surface area contributed by atoms with Crippen molar-refractivity contribution in [3.63, 3.8) is 0 Å². The van der Waals surface area contributed by atoms with Gasteiger partial charge in [-0.1, -0.05) is 48.9 Å². The number of hydrogen-bond acceptors (Lipinski definition) is 9. The SMILES string of the molecule is C[C@H](NC(=O)[C@H](Cc1ccccc1)NC(=O)[C@@H](N)CCCCN)C(=O)N[C@@H](CCC(=O)O)C(=O)N[C@@H](Cc1ccc(O)cc1)C(=O)O. The van der Waals surface area contributed by atoms with Gasteiger partial charge >= 0.3 is 11.9 Å². The standard InChI is InChI=1S/C32H44N6O9/c1-19(35-31(45)25(17-20-7-3-2-4-8-20)37-29(43)23(34)9-5-6-16-33)28(42)36-24(14-15-27(40)41)30(44)38-26(32(46)47)18-21-10-12-22(39)13-11-21/h2-4,7-8,10-13,19,23-26,39H,5-6,9,14-18,33-34H2,1H3,(H,35,45)(H,36,42)(H,37,43)(H,38,44)(H,40,41)(H,46,47)/t19-,23-,24-,25-,26-/m0/s1. The molecule has 2 aromatic carbocycles. The third-order valence-corrected chi connectivity index (χ3v) is 7.24. The molecule has 0 aliphatic rings. The number of nitrogens with two attached hydrogens (primary N) is 2. The first-order valence-electron chi connectivity index (χ1n) is 15.2. The number of carboxylic acid groups (broad SMARTS) is 2. The Hall–Kier alpha value is -5.02. The van der Waals surface area contributed by atoms with Crippen molar-refractivity contribution in [2.45, 2.75) is 82.1 Å². The maximum atomic E-state index is 13.3. The summed E-state index contributed by atoms with van der Waals surface area (Å²) in [6, 6.07) is 8.40. The van der Waals surface area contributed by atoms with Crippen LogP contribution in [0.25, 0.3) is 0 Å². The largest absolute Gasteiger partial charge is 0.508 e. The molecular weight excluding hydrogens is 612 g/mol. The van der Waals surface area contributed by atoms with E-state index in [-0.39, 0.29) is 25.0 Å². The van der Waals surface area contributed by atoms with E-state index in [1.807, 2.05) is 0 Å². The van der Waals surface area contributed by atoms with Crippen LogP contribution in [0, 0.1) is 0 Å². The van der Waals surface area contributed by atoms with Gasteiger partial charge in [0, 0.05) is 19.3 Å². The molecule has 15 nitrogen and oxygen atoms in total. The van der Waals surface area contributed by atoms with Crippen LogP contribution in [0.4, 0.5) is 0 Å². The van der Waals surface area contributed by atoms with E-state index in [9.17, 15) is 44.1 Å². The van der Waals surface area contributed by atoms with Gasteiger partial charge in [0.15, 0.2) is 0 Å². The van der Waals surface area contributed by atoms with Crippen LogP contribution < -0.4 is 32.7 Å². The normalized spacial score (nSPS) is 14.0. The number of amides is 4. The van der Waals surface area contributed by atoms with Crippen LogP contribution in [0.5, 0.6) is 5.75 Å². The molecule has 4 amide bonds. The number of phenolic OH excluding ortho intramolecular Hbond substituents is 1. The number of hydrogen-bond donors (Lipinski definition) is 9. The van der Waals surface area contributed by atoms with Crippen LogP contribution in [0.1, 0.15) is 50.2 Å². The van der Waals surface area contributed by atoms with E-state index in [2.05, 4.69) is 21.3 Å². The maximum Gasteiger partial charge on any atom is 0.326 e. The van der Waals surface area contributed by atoms with Crippen molar-refractivity contribution in [3.8, 4) is 5.75 Å². The predicted molar refractivity (Wildman–Crippen MR) is 171 cm³/mol. The zero-order valence-corrected chi connectivity index (χ0v) is 26.2. The number of unbranched alkanes of at least 4 members (excludes halogenated alkanes) is 1. The van der Waals surface area contributed by atoms with Gasteiger partial charge < -0.3 is 48.1 Å². The molecule has 0 radical (unpaired) electrons. The summed E-state index contributed by atoms with van der Waals surface area (Å²) in [4.78, 5) is 75.5. The van der Waals surface area contributed by atoms with Gasteiger partial charge in [-0.3, -0.25) is 24.0 Å². The van der Waals surface area contributed by atoms with Crippen LogP contribution >= 0.6 is 0 Å². The number of aliphatic carboxylic acids is 2. The lowest BCUT2D eigenvalue weighted by atomic mass is 10.0. The van der Waals surface area contributed by atoms with E-state index in [4.69, 9.17) is 11.5 Å². The van der Waals surface area contributed by atoms with E-state index in [0.29, 0.717) is 31.4 Å². The third-order valence-electron chi connectivity index (χ3n) is 7.24. The van der Waals surface area contributed by atoms with E-state index in [1.54, 1.807) is 30.3 Å². The van der Waals surface area contributed by atoms with E-state index >= 15 is 0 Å². The topological polar surface area (TPSA) is 263 Å². The van der Waals surface area contributed by atoms with E-state index in [1.165, 1.54) is 31.2 Å². The molecule has 0 unspecified atom stereocenters. The van der Waals surface area contributed by atoms with Gasteiger partial charge in [0.25, 0.3) is 0 Å². The average Bonchev–Trinajstić information content (AvgIpc) is 3.03. The minimum absolute atomic E-state index is 0.0296. The molecule has 0 fully saturated rings. The summed E-state index contributed by atoms with van der Waals surface area (Å²) in [6.07, 6.45) is 0.710. The number of carbonyl (C=O) groups excluding carboxylic acids is 4. The van der Waals surface area contributed by atoms with E-state index in [0.717, 1.165) is 5.56 Å². The second-order valence-electron chi connectivity index (χ2n) is 11.1. The summed E-state index contributed by atoms with van der Waals surface area (Å²) < 4.78 is 0. The smallest absolute Gasteiger partial charge is 0.326 e. The summed E-state index contributed by atoms with van der Waals surface area (Å²) >= 11 is 0. The molecule has 0 bridgehead atoms. The van der Waals surface area contributed by atoms with Crippen LogP contribution in [0.3, 0.4) is 0 Å². The minimum Gasteiger partial charge on any atom is -0.508 e. The van der Waals surface area contributed by atoms with Crippen molar-refractivity contribution in [3.05, 3.63) is 65.7 Å². The number of carboxylic acids is 2. The van der Waals surface area contributed by atoms with Gasteiger partial charge in [0.2, 0.25) is 23.6 Å². The molecule has 11 N–H and O–H groups in total. The van der Waals surface area contributed by atoms with Crippen LogP contribution in [0.2, 0.25) is 0 Å². The molecule has 0 saturated carbocycles. The molecular formula is C32H44N6O9. The summed E-state index contributed by atoms with van der Waals surface area (Å²) in [5.41, 5.74) is 12.7.